The number of carboxylic acids is 1. The van der Waals surface area contributed by atoms with Gasteiger partial charge in [0, 0.05) is 13.1 Å². The first-order chi connectivity index (χ1) is 8.54. The number of ether oxygens (including phenoxy) is 1. The van der Waals surface area contributed by atoms with Gasteiger partial charge in [-0.2, -0.15) is 0 Å². The second-order valence-electron chi connectivity index (χ2n) is 4.78. The van der Waals surface area contributed by atoms with Crippen LogP contribution in [0.5, 0.6) is 5.75 Å². The zero-order chi connectivity index (χ0) is 13.2. The fourth-order valence-corrected chi connectivity index (χ4v) is 2.18. The Hall–Kier alpha value is -1.75. The Labute approximate surface area is 106 Å². The van der Waals surface area contributed by atoms with E-state index in [1.54, 1.807) is 7.11 Å². The van der Waals surface area contributed by atoms with E-state index in [0.29, 0.717) is 13.1 Å². The number of hydrogen-bond acceptors (Lipinski definition) is 4. The summed E-state index contributed by atoms with van der Waals surface area (Å²) in [7, 11) is 1.61. The molecule has 1 fully saturated rings. The van der Waals surface area contributed by atoms with Crippen molar-refractivity contribution < 1.29 is 14.6 Å². The molecule has 0 amide bonds. The monoisotopic (exact) mass is 250 g/mol. The minimum absolute atomic E-state index is 0.0943. The second-order valence-corrected chi connectivity index (χ2v) is 4.78. The SMILES string of the molecule is COc1ccc(C)cc1NC1(CC(=O)O)CNC1. The maximum atomic E-state index is 10.9. The summed E-state index contributed by atoms with van der Waals surface area (Å²) in [6, 6.07) is 5.83. The average molecular weight is 250 g/mol. The van der Waals surface area contributed by atoms with Crippen LogP contribution in [-0.2, 0) is 4.79 Å². The van der Waals surface area contributed by atoms with Crippen LogP contribution in [0.4, 0.5) is 5.69 Å². The number of nitrogens with one attached hydrogen (secondary N) is 2. The smallest absolute Gasteiger partial charge is 0.305 e. The number of carbonyl (C=O) groups is 1. The van der Waals surface area contributed by atoms with E-state index in [-0.39, 0.29) is 6.42 Å². The van der Waals surface area contributed by atoms with Crippen molar-refractivity contribution in [2.45, 2.75) is 18.9 Å². The summed E-state index contributed by atoms with van der Waals surface area (Å²) < 4.78 is 5.29. The largest absolute Gasteiger partial charge is 0.495 e. The Balaban J connectivity index is 2.21. The summed E-state index contributed by atoms with van der Waals surface area (Å²) in [5, 5.41) is 15.4. The number of rotatable bonds is 5. The highest BCUT2D eigenvalue weighted by Gasteiger charge is 2.39. The van der Waals surface area contributed by atoms with E-state index in [0.717, 1.165) is 17.0 Å². The van der Waals surface area contributed by atoms with Crippen LogP contribution in [0.25, 0.3) is 0 Å². The van der Waals surface area contributed by atoms with Crippen molar-refractivity contribution in [2.75, 3.05) is 25.5 Å². The molecule has 0 aliphatic carbocycles. The van der Waals surface area contributed by atoms with Crippen LogP contribution in [0.1, 0.15) is 12.0 Å². The number of anilines is 1. The molecule has 0 saturated carbocycles. The van der Waals surface area contributed by atoms with Gasteiger partial charge >= 0.3 is 5.97 Å². The Morgan fingerprint density at radius 3 is 2.78 bits per heavy atom. The van der Waals surface area contributed by atoms with Crippen LogP contribution in [-0.4, -0.2) is 36.8 Å². The Kier molecular flexibility index (Phi) is 3.43. The minimum atomic E-state index is -0.796. The molecule has 1 saturated heterocycles. The first-order valence-electron chi connectivity index (χ1n) is 5.90. The summed E-state index contributed by atoms with van der Waals surface area (Å²) in [5.41, 5.74) is 1.55. The highest BCUT2D eigenvalue weighted by molar-refractivity contribution is 5.71. The molecule has 0 spiro atoms. The van der Waals surface area contributed by atoms with E-state index in [9.17, 15) is 4.79 Å². The van der Waals surface area contributed by atoms with E-state index < -0.39 is 11.5 Å². The van der Waals surface area contributed by atoms with Gasteiger partial charge in [-0.3, -0.25) is 4.79 Å². The topological polar surface area (TPSA) is 70.6 Å². The van der Waals surface area contributed by atoms with Gasteiger partial charge in [-0.15, -0.1) is 0 Å². The third-order valence-electron chi connectivity index (χ3n) is 3.17. The molecule has 98 valence electrons. The molecule has 5 nitrogen and oxygen atoms in total. The van der Waals surface area contributed by atoms with Crippen molar-refractivity contribution >= 4 is 11.7 Å². The quantitative estimate of drug-likeness (QED) is 0.733. The van der Waals surface area contributed by atoms with Crippen molar-refractivity contribution in [3.05, 3.63) is 23.8 Å². The first-order valence-corrected chi connectivity index (χ1v) is 5.90. The Bertz CT molecular complexity index is 456. The van der Waals surface area contributed by atoms with Gasteiger partial charge < -0.3 is 20.5 Å². The summed E-state index contributed by atoms with van der Waals surface area (Å²) in [5.74, 6) is -0.0621. The number of benzene rings is 1. The highest BCUT2D eigenvalue weighted by atomic mass is 16.5. The molecule has 3 N–H and O–H groups in total. The molecule has 0 radical (unpaired) electrons. The lowest BCUT2D eigenvalue weighted by Crippen LogP contribution is -2.65. The van der Waals surface area contributed by atoms with Gasteiger partial charge in [0.2, 0.25) is 0 Å². The van der Waals surface area contributed by atoms with Crippen molar-refractivity contribution in [2.24, 2.45) is 0 Å². The van der Waals surface area contributed by atoms with Gasteiger partial charge in [-0.1, -0.05) is 6.07 Å². The van der Waals surface area contributed by atoms with E-state index in [2.05, 4.69) is 10.6 Å². The van der Waals surface area contributed by atoms with Crippen molar-refractivity contribution in [3.63, 3.8) is 0 Å². The molecule has 0 unspecified atom stereocenters. The van der Waals surface area contributed by atoms with Crippen molar-refractivity contribution in [3.8, 4) is 5.75 Å². The van der Waals surface area contributed by atoms with E-state index in [1.165, 1.54) is 0 Å². The minimum Gasteiger partial charge on any atom is -0.495 e. The third-order valence-corrected chi connectivity index (χ3v) is 3.17. The van der Waals surface area contributed by atoms with Crippen LogP contribution in [0.2, 0.25) is 0 Å². The number of methoxy groups -OCH3 is 1. The molecule has 1 aliphatic heterocycles. The van der Waals surface area contributed by atoms with Crippen LogP contribution in [0, 0.1) is 6.92 Å². The molecule has 0 aromatic heterocycles. The highest BCUT2D eigenvalue weighted by Crippen LogP contribution is 2.31. The van der Waals surface area contributed by atoms with Crippen LogP contribution in [0.3, 0.4) is 0 Å². The van der Waals surface area contributed by atoms with Gasteiger partial charge in [0.25, 0.3) is 0 Å². The van der Waals surface area contributed by atoms with Crippen LogP contribution >= 0.6 is 0 Å². The van der Waals surface area contributed by atoms with Crippen LogP contribution < -0.4 is 15.4 Å². The summed E-state index contributed by atoms with van der Waals surface area (Å²) >= 11 is 0. The maximum absolute atomic E-state index is 10.9. The van der Waals surface area contributed by atoms with Gasteiger partial charge in [0.1, 0.15) is 5.75 Å². The van der Waals surface area contributed by atoms with Crippen molar-refractivity contribution in [1.29, 1.82) is 0 Å². The summed E-state index contributed by atoms with van der Waals surface area (Å²) in [4.78, 5) is 10.9. The summed E-state index contributed by atoms with van der Waals surface area (Å²) in [6.45, 7) is 3.29. The Morgan fingerprint density at radius 1 is 1.56 bits per heavy atom. The lowest BCUT2D eigenvalue weighted by Gasteiger charge is -2.43. The lowest BCUT2D eigenvalue weighted by molar-refractivity contribution is -0.138. The molecule has 18 heavy (non-hydrogen) atoms. The first kappa shape index (κ1) is 12.7. The van der Waals surface area contributed by atoms with Gasteiger partial charge in [0.05, 0.1) is 24.8 Å². The fraction of sp³-hybridized carbons (Fsp3) is 0.462. The van der Waals surface area contributed by atoms with Gasteiger partial charge in [-0.05, 0) is 24.6 Å². The summed E-state index contributed by atoms with van der Waals surface area (Å²) in [6.07, 6.45) is 0.0943. The normalized spacial score (nSPS) is 16.8. The molecule has 0 atom stereocenters. The number of aliphatic carboxylic acids is 1. The standard InChI is InChI=1S/C13H18N2O3/c1-9-3-4-11(18-2)10(5-9)15-13(6-12(16)17)7-14-8-13/h3-5,14-15H,6-8H2,1-2H3,(H,16,17). The predicted molar refractivity (Wildman–Crippen MR) is 69.2 cm³/mol. The lowest BCUT2D eigenvalue weighted by atomic mass is 9.88. The molecule has 0 bridgehead atoms. The molecule has 2 rings (SSSR count). The molecular weight excluding hydrogens is 232 g/mol. The molecule has 5 heteroatoms. The molecule has 1 heterocycles. The third kappa shape index (κ3) is 2.56. The van der Waals surface area contributed by atoms with Gasteiger partial charge in [-0.25, -0.2) is 0 Å². The predicted octanol–water partition coefficient (Wildman–Crippen LogP) is 1.23. The number of aryl methyl sites for hydroxylation is 1. The van der Waals surface area contributed by atoms with E-state index >= 15 is 0 Å². The fourth-order valence-electron chi connectivity index (χ4n) is 2.18. The van der Waals surface area contributed by atoms with Gasteiger partial charge in [0.15, 0.2) is 0 Å². The zero-order valence-electron chi connectivity index (χ0n) is 10.6. The van der Waals surface area contributed by atoms with E-state index in [1.807, 2.05) is 25.1 Å². The Morgan fingerprint density at radius 2 is 2.28 bits per heavy atom. The molecule has 1 aliphatic rings. The average Bonchev–Trinajstić information content (AvgIpc) is 2.26. The number of carboxylic acid groups (broad SMARTS) is 1. The molecule has 1 aromatic carbocycles. The zero-order valence-corrected chi connectivity index (χ0v) is 10.6. The number of hydrogen-bond donors (Lipinski definition) is 3. The second kappa shape index (κ2) is 4.86. The molecular formula is C13H18N2O3. The molecule has 1 aromatic rings. The maximum Gasteiger partial charge on any atom is 0.305 e. The van der Waals surface area contributed by atoms with Crippen molar-refractivity contribution in [1.82, 2.24) is 5.32 Å². The van der Waals surface area contributed by atoms with Crippen LogP contribution in [0.15, 0.2) is 18.2 Å². The van der Waals surface area contributed by atoms with E-state index in [4.69, 9.17) is 9.84 Å².